The van der Waals surface area contributed by atoms with Crippen LogP contribution >= 0.6 is 0 Å². The van der Waals surface area contributed by atoms with Crippen molar-refractivity contribution < 1.29 is 0 Å². The highest BCUT2D eigenvalue weighted by atomic mass is 14.9. The topological polar surface area (TPSA) is 12.0 Å². The van der Waals surface area contributed by atoms with E-state index in [1.54, 1.807) is 0 Å². The molecule has 1 aromatic carbocycles. The smallest absolute Gasteiger partial charge is 0.00695 e. The Labute approximate surface area is 125 Å². The summed E-state index contributed by atoms with van der Waals surface area (Å²) in [5.41, 5.74) is 2.86. The monoisotopic (exact) mass is 273 g/mol. The van der Waals surface area contributed by atoms with Crippen molar-refractivity contribution in [3.05, 3.63) is 35.4 Å². The van der Waals surface area contributed by atoms with Crippen LogP contribution in [0.4, 0.5) is 0 Å². The number of rotatable bonds is 5. The normalized spacial score (nSPS) is 19.3. The van der Waals surface area contributed by atoms with Gasteiger partial charge in [0.25, 0.3) is 0 Å². The minimum absolute atomic E-state index is 0.639. The van der Waals surface area contributed by atoms with Gasteiger partial charge in [-0.05, 0) is 45.1 Å². The van der Waals surface area contributed by atoms with Crippen molar-refractivity contribution in [1.82, 2.24) is 5.32 Å². The van der Waals surface area contributed by atoms with Crippen molar-refractivity contribution in [2.75, 3.05) is 0 Å². The molecule has 1 saturated carbocycles. The molecule has 1 nitrogen and oxygen atoms in total. The third-order valence-corrected chi connectivity index (χ3v) is 4.57. The third kappa shape index (κ3) is 5.66. The van der Waals surface area contributed by atoms with Crippen molar-refractivity contribution >= 4 is 0 Å². The molecule has 1 unspecified atom stereocenters. The molecule has 0 bridgehead atoms. The van der Waals surface area contributed by atoms with Gasteiger partial charge in [-0.15, -0.1) is 0 Å². The molecule has 0 saturated heterocycles. The van der Waals surface area contributed by atoms with Gasteiger partial charge in [0.2, 0.25) is 0 Å². The van der Waals surface area contributed by atoms with Crippen molar-refractivity contribution in [1.29, 1.82) is 0 Å². The molecule has 20 heavy (non-hydrogen) atoms. The summed E-state index contributed by atoms with van der Waals surface area (Å²) in [6.07, 6.45) is 12.4. The fraction of sp³-hybridized carbons (Fsp3) is 0.684. The molecule has 1 atom stereocenters. The van der Waals surface area contributed by atoms with E-state index in [1.807, 2.05) is 0 Å². The molecule has 1 aliphatic carbocycles. The zero-order valence-corrected chi connectivity index (χ0v) is 13.3. The van der Waals surface area contributed by atoms with Crippen LogP contribution in [0.3, 0.4) is 0 Å². The second kappa shape index (κ2) is 8.46. The van der Waals surface area contributed by atoms with E-state index in [0.29, 0.717) is 6.04 Å². The van der Waals surface area contributed by atoms with E-state index < -0.39 is 0 Å². The summed E-state index contributed by atoms with van der Waals surface area (Å²) >= 11 is 0. The second-order valence-electron chi connectivity index (χ2n) is 6.64. The van der Waals surface area contributed by atoms with Crippen LogP contribution in [0.15, 0.2) is 24.3 Å². The summed E-state index contributed by atoms with van der Waals surface area (Å²) in [5.74, 6) is 0. The van der Waals surface area contributed by atoms with E-state index in [1.165, 1.54) is 68.9 Å². The van der Waals surface area contributed by atoms with E-state index in [2.05, 4.69) is 43.4 Å². The molecule has 1 aromatic rings. The summed E-state index contributed by atoms with van der Waals surface area (Å²) in [4.78, 5) is 0. The summed E-state index contributed by atoms with van der Waals surface area (Å²) in [5, 5.41) is 3.87. The van der Waals surface area contributed by atoms with E-state index in [4.69, 9.17) is 0 Å². The fourth-order valence-electron chi connectivity index (χ4n) is 3.36. The Morgan fingerprint density at radius 3 is 2.50 bits per heavy atom. The summed E-state index contributed by atoms with van der Waals surface area (Å²) in [6, 6.07) is 10.3. The maximum absolute atomic E-state index is 3.87. The molecular formula is C19H31N. The minimum Gasteiger partial charge on any atom is -0.311 e. The number of hydrogen-bond donors (Lipinski definition) is 1. The molecule has 0 spiro atoms. The summed E-state index contributed by atoms with van der Waals surface area (Å²) < 4.78 is 0. The lowest BCUT2D eigenvalue weighted by Gasteiger charge is -2.25. The van der Waals surface area contributed by atoms with Crippen molar-refractivity contribution in [2.24, 2.45) is 0 Å². The summed E-state index contributed by atoms with van der Waals surface area (Å²) in [6.45, 7) is 4.54. The molecule has 0 heterocycles. The molecule has 0 amide bonds. The van der Waals surface area contributed by atoms with E-state index >= 15 is 0 Å². The van der Waals surface area contributed by atoms with Gasteiger partial charge < -0.3 is 5.32 Å². The van der Waals surface area contributed by atoms with E-state index in [-0.39, 0.29) is 0 Å². The van der Waals surface area contributed by atoms with Gasteiger partial charge in [-0.2, -0.15) is 0 Å². The Kier molecular flexibility index (Phi) is 6.59. The fourth-order valence-corrected chi connectivity index (χ4v) is 3.36. The number of benzene rings is 1. The highest BCUT2D eigenvalue weighted by Crippen LogP contribution is 2.18. The van der Waals surface area contributed by atoms with Gasteiger partial charge in [0.05, 0.1) is 0 Å². The first-order valence-corrected chi connectivity index (χ1v) is 8.55. The van der Waals surface area contributed by atoms with Gasteiger partial charge in [-0.25, -0.2) is 0 Å². The Balaban J connectivity index is 1.72. The molecule has 2 rings (SSSR count). The highest BCUT2D eigenvalue weighted by molar-refractivity contribution is 5.22. The van der Waals surface area contributed by atoms with Crippen molar-refractivity contribution in [3.63, 3.8) is 0 Å². The quantitative estimate of drug-likeness (QED) is 0.794. The van der Waals surface area contributed by atoms with Crippen LogP contribution < -0.4 is 5.32 Å². The van der Waals surface area contributed by atoms with Crippen molar-refractivity contribution in [2.45, 2.75) is 83.7 Å². The Morgan fingerprint density at radius 2 is 1.80 bits per heavy atom. The predicted octanol–water partition coefficient (Wildman–Crippen LogP) is 5.02. The van der Waals surface area contributed by atoms with Gasteiger partial charge in [0.1, 0.15) is 0 Å². The molecule has 1 fully saturated rings. The number of nitrogens with one attached hydrogen (secondary N) is 1. The first-order valence-electron chi connectivity index (χ1n) is 8.55. The Morgan fingerprint density at radius 1 is 1.10 bits per heavy atom. The van der Waals surface area contributed by atoms with Crippen LogP contribution in [-0.4, -0.2) is 12.1 Å². The second-order valence-corrected chi connectivity index (χ2v) is 6.64. The lowest BCUT2D eigenvalue weighted by atomic mass is 9.95. The van der Waals surface area contributed by atoms with Gasteiger partial charge >= 0.3 is 0 Å². The molecule has 0 aliphatic heterocycles. The first-order chi connectivity index (χ1) is 9.74. The molecule has 1 heteroatoms. The average Bonchev–Trinajstić information content (AvgIpc) is 2.39. The van der Waals surface area contributed by atoms with E-state index in [9.17, 15) is 0 Å². The van der Waals surface area contributed by atoms with Gasteiger partial charge in [0.15, 0.2) is 0 Å². The predicted molar refractivity (Wildman–Crippen MR) is 88.2 cm³/mol. The van der Waals surface area contributed by atoms with E-state index in [0.717, 1.165) is 6.04 Å². The average molecular weight is 273 g/mol. The van der Waals surface area contributed by atoms with Gasteiger partial charge in [-0.3, -0.25) is 0 Å². The van der Waals surface area contributed by atoms with Crippen LogP contribution in [0.5, 0.6) is 0 Å². The molecule has 112 valence electrons. The van der Waals surface area contributed by atoms with Crippen LogP contribution in [0.1, 0.15) is 69.4 Å². The van der Waals surface area contributed by atoms with Gasteiger partial charge in [0, 0.05) is 12.1 Å². The van der Waals surface area contributed by atoms with Crippen LogP contribution in [-0.2, 0) is 6.42 Å². The van der Waals surface area contributed by atoms with Crippen LogP contribution in [0.25, 0.3) is 0 Å². The maximum Gasteiger partial charge on any atom is 0.00695 e. The van der Waals surface area contributed by atoms with Crippen LogP contribution in [0, 0.1) is 6.92 Å². The lowest BCUT2D eigenvalue weighted by Crippen LogP contribution is -2.37. The first kappa shape index (κ1) is 15.6. The van der Waals surface area contributed by atoms with Crippen LogP contribution in [0.2, 0.25) is 0 Å². The molecule has 0 aromatic heterocycles. The lowest BCUT2D eigenvalue weighted by molar-refractivity contribution is 0.351. The summed E-state index contributed by atoms with van der Waals surface area (Å²) in [7, 11) is 0. The SMILES string of the molecule is Cc1cccc(CCC(C)NC2CCCCCCC2)c1. The Hall–Kier alpha value is -0.820. The number of hydrogen-bond acceptors (Lipinski definition) is 1. The zero-order valence-electron chi connectivity index (χ0n) is 13.3. The highest BCUT2D eigenvalue weighted by Gasteiger charge is 2.13. The van der Waals surface area contributed by atoms with Crippen molar-refractivity contribution in [3.8, 4) is 0 Å². The largest absolute Gasteiger partial charge is 0.311 e. The Bertz CT molecular complexity index is 377. The molecule has 0 radical (unpaired) electrons. The zero-order chi connectivity index (χ0) is 14.2. The third-order valence-electron chi connectivity index (χ3n) is 4.57. The maximum atomic E-state index is 3.87. The number of aryl methyl sites for hydroxylation is 2. The molecule has 1 aliphatic rings. The minimum atomic E-state index is 0.639. The molecular weight excluding hydrogens is 242 g/mol. The van der Waals surface area contributed by atoms with Gasteiger partial charge in [-0.1, -0.05) is 61.9 Å². The standard InChI is InChI=1S/C19H31N/c1-16-9-8-10-18(15-16)14-13-17(2)20-19-11-6-4-3-5-7-12-19/h8-10,15,17,19-20H,3-7,11-14H2,1-2H3. The molecule has 1 N–H and O–H groups in total.